The molecule has 1 saturated heterocycles. The van der Waals surface area contributed by atoms with Gasteiger partial charge in [-0.25, -0.2) is 14.2 Å². The summed E-state index contributed by atoms with van der Waals surface area (Å²) in [5.74, 6) is -2.34. The quantitative estimate of drug-likeness (QED) is 0.355. The van der Waals surface area contributed by atoms with Crippen molar-refractivity contribution < 1.29 is 41.8 Å². The van der Waals surface area contributed by atoms with Gasteiger partial charge in [-0.15, -0.1) is 11.3 Å². The molecule has 15 heteroatoms. The van der Waals surface area contributed by atoms with Crippen LogP contribution in [0.1, 0.15) is 47.6 Å². The van der Waals surface area contributed by atoms with Crippen LogP contribution in [-0.4, -0.2) is 53.4 Å². The number of halogens is 3. The summed E-state index contributed by atoms with van der Waals surface area (Å²) in [4.78, 5) is 55.1. The molecule has 2 aliphatic rings. The van der Waals surface area contributed by atoms with Gasteiger partial charge in [0.1, 0.15) is 22.3 Å². The number of carbonyl (C=O) groups excluding carboxylic acids is 4. The number of amides is 5. The Hall–Kier alpha value is -4.40. The second-order valence-corrected chi connectivity index (χ2v) is 11.0. The van der Waals surface area contributed by atoms with Gasteiger partial charge in [0.2, 0.25) is 11.8 Å². The Kier molecular flexibility index (Phi) is 7.23. The average Bonchev–Trinajstić information content (AvgIpc) is 3.48. The molecule has 11 nitrogen and oxygen atoms in total. The summed E-state index contributed by atoms with van der Waals surface area (Å²) in [6.07, 6.45) is 0.188. The molecule has 3 N–H and O–H groups in total. The molecule has 1 atom stereocenters. The number of rotatable bonds is 7. The number of methoxy groups -OCH3 is 1. The van der Waals surface area contributed by atoms with Crippen LogP contribution < -0.4 is 25.4 Å². The molecule has 1 aromatic heterocycles. The molecule has 5 amide bonds. The van der Waals surface area contributed by atoms with Gasteiger partial charge in [0.15, 0.2) is 11.6 Å². The van der Waals surface area contributed by atoms with Crippen molar-refractivity contribution >= 4 is 51.0 Å². The van der Waals surface area contributed by atoms with E-state index in [0.717, 1.165) is 11.3 Å². The SMILES string of the molecule is COc1cc(OC(F)F)c2nc(C(C)(C)NC(=O)Nc3ccc4c(c3F)CN(C3CCC(=O)NC3=O)C4=O)sc2c1. The first-order valence-corrected chi connectivity index (χ1v) is 13.2. The number of carbonyl (C=O) groups is 4. The van der Waals surface area contributed by atoms with Gasteiger partial charge >= 0.3 is 12.6 Å². The van der Waals surface area contributed by atoms with Crippen molar-refractivity contribution in [1.29, 1.82) is 0 Å². The molecule has 216 valence electrons. The van der Waals surface area contributed by atoms with E-state index in [9.17, 15) is 28.0 Å². The van der Waals surface area contributed by atoms with Crippen molar-refractivity contribution in [3.63, 3.8) is 0 Å². The number of imide groups is 1. The lowest BCUT2D eigenvalue weighted by atomic mass is 10.0. The molecule has 3 heterocycles. The van der Waals surface area contributed by atoms with Gasteiger partial charge in [0.05, 0.1) is 29.6 Å². The molecule has 2 aliphatic heterocycles. The number of hydrogen-bond acceptors (Lipinski definition) is 8. The monoisotopic (exact) mass is 591 g/mol. The summed E-state index contributed by atoms with van der Waals surface area (Å²) in [5.41, 5.74) is -1.09. The Morgan fingerprint density at radius 3 is 2.68 bits per heavy atom. The van der Waals surface area contributed by atoms with Crippen LogP contribution in [0.15, 0.2) is 24.3 Å². The van der Waals surface area contributed by atoms with Gasteiger partial charge in [0, 0.05) is 23.6 Å². The van der Waals surface area contributed by atoms with Crippen LogP contribution in [0.25, 0.3) is 10.2 Å². The van der Waals surface area contributed by atoms with Gasteiger partial charge in [-0.1, -0.05) is 0 Å². The van der Waals surface area contributed by atoms with Crippen LogP contribution in [0.2, 0.25) is 0 Å². The third-order valence-corrected chi connectivity index (χ3v) is 8.07. The molecule has 0 bridgehead atoms. The molecule has 1 fully saturated rings. The Morgan fingerprint density at radius 1 is 1.24 bits per heavy atom. The van der Waals surface area contributed by atoms with Crippen LogP contribution in [0.3, 0.4) is 0 Å². The summed E-state index contributed by atoms with van der Waals surface area (Å²) in [6.45, 7) is -0.0243. The fourth-order valence-corrected chi connectivity index (χ4v) is 5.81. The highest BCUT2D eigenvalue weighted by molar-refractivity contribution is 7.18. The highest BCUT2D eigenvalue weighted by Gasteiger charge is 2.40. The zero-order valence-corrected chi connectivity index (χ0v) is 22.8. The summed E-state index contributed by atoms with van der Waals surface area (Å²) >= 11 is 1.13. The van der Waals surface area contributed by atoms with E-state index in [1.807, 2.05) is 0 Å². The third kappa shape index (κ3) is 5.36. The number of urea groups is 1. The molecule has 0 aliphatic carbocycles. The fraction of sp³-hybridized carbons (Fsp3) is 0.346. The van der Waals surface area contributed by atoms with Crippen molar-refractivity contribution in [2.45, 2.75) is 51.4 Å². The highest BCUT2D eigenvalue weighted by atomic mass is 32.1. The molecule has 1 unspecified atom stereocenters. The number of aromatic nitrogens is 1. The predicted molar refractivity (Wildman–Crippen MR) is 140 cm³/mol. The normalized spacial score (nSPS) is 17.1. The molecule has 0 radical (unpaired) electrons. The number of nitrogens with one attached hydrogen (secondary N) is 3. The maximum Gasteiger partial charge on any atom is 0.387 e. The summed E-state index contributed by atoms with van der Waals surface area (Å²) in [5, 5.41) is 7.67. The summed E-state index contributed by atoms with van der Waals surface area (Å²) in [6, 6.07) is 3.79. The number of nitrogens with zero attached hydrogens (tertiary/aromatic N) is 2. The minimum absolute atomic E-state index is 0.0171. The first-order valence-electron chi connectivity index (χ1n) is 12.4. The Bertz CT molecular complexity index is 1590. The van der Waals surface area contributed by atoms with Crippen molar-refractivity contribution in [3.8, 4) is 11.5 Å². The number of thiazole rings is 1. The summed E-state index contributed by atoms with van der Waals surface area (Å²) in [7, 11) is 1.38. The highest BCUT2D eigenvalue weighted by Crippen LogP contribution is 2.38. The molecule has 3 aromatic rings. The Labute approximate surface area is 235 Å². The van der Waals surface area contributed by atoms with Crippen LogP contribution >= 0.6 is 11.3 Å². The molecule has 0 saturated carbocycles. The number of alkyl halides is 2. The Morgan fingerprint density at radius 2 is 2.00 bits per heavy atom. The van der Waals surface area contributed by atoms with Gasteiger partial charge in [-0.2, -0.15) is 8.78 Å². The number of hydrogen-bond donors (Lipinski definition) is 3. The van der Waals surface area contributed by atoms with E-state index < -0.39 is 47.8 Å². The lowest BCUT2D eigenvalue weighted by Gasteiger charge is -2.29. The minimum atomic E-state index is -3.08. The van der Waals surface area contributed by atoms with Gasteiger partial charge in [-0.05, 0) is 38.5 Å². The van der Waals surface area contributed by atoms with E-state index in [0.29, 0.717) is 9.71 Å². The van der Waals surface area contributed by atoms with Crippen molar-refractivity contribution in [2.75, 3.05) is 12.4 Å². The standard InChI is InChI=1S/C26H24F3N5O6S/c1-26(2,23-32-20-16(40-24(28)29)8-11(39-3)9-17(20)41-23)33-25(38)30-14-5-4-12-13(19(14)27)10-34(22(12)37)15-6-7-18(35)31-21(15)36/h4-5,8-9,15,24H,6-7,10H2,1-3H3,(H2,30,33,38)(H,31,35,36). The molecule has 5 rings (SSSR count). The lowest BCUT2D eigenvalue weighted by Crippen LogP contribution is -2.52. The van der Waals surface area contributed by atoms with E-state index in [1.54, 1.807) is 19.9 Å². The summed E-state index contributed by atoms with van der Waals surface area (Å²) < 4.78 is 51.6. The number of piperidine rings is 1. The maximum atomic E-state index is 15.4. The fourth-order valence-electron chi connectivity index (χ4n) is 4.74. The topological polar surface area (TPSA) is 139 Å². The van der Waals surface area contributed by atoms with E-state index in [1.165, 1.54) is 30.2 Å². The van der Waals surface area contributed by atoms with Gasteiger partial charge in [0.25, 0.3) is 5.91 Å². The van der Waals surface area contributed by atoms with E-state index in [2.05, 4.69) is 25.7 Å². The van der Waals surface area contributed by atoms with Crippen molar-refractivity contribution in [2.24, 2.45) is 0 Å². The molecule has 2 aromatic carbocycles. The number of ether oxygens (including phenoxy) is 2. The first-order chi connectivity index (χ1) is 19.4. The maximum absolute atomic E-state index is 15.4. The average molecular weight is 592 g/mol. The van der Waals surface area contributed by atoms with E-state index in [4.69, 9.17) is 4.74 Å². The first kappa shape index (κ1) is 28.1. The minimum Gasteiger partial charge on any atom is -0.497 e. The Balaban J connectivity index is 1.33. The van der Waals surface area contributed by atoms with E-state index in [-0.39, 0.29) is 53.2 Å². The van der Waals surface area contributed by atoms with Crippen LogP contribution in [0.4, 0.5) is 23.7 Å². The van der Waals surface area contributed by atoms with Gasteiger partial charge in [-0.3, -0.25) is 19.7 Å². The van der Waals surface area contributed by atoms with Crippen LogP contribution in [0.5, 0.6) is 11.5 Å². The van der Waals surface area contributed by atoms with Crippen LogP contribution in [-0.2, 0) is 21.7 Å². The smallest absolute Gasteiger partial charge is 0.387 e. The lowest BCUT2D eigenvalue weighted by molar-refractivity contribution is -0.136. The molecular formula is C26H24F3N5O6S. The van der Waals surface area contributed by atoms with Gasteiger partial charge < -0.3 is 25.0 Å². The van der Waals surface area contributed by atoms with Crippen molar-refractivity contribution in [3.05, 3.63) is 46.2 Å². The third-order valence-electron chi connectivity index (χ3n) is 6.74. The number of fused-ring (bicyclic) bond motifs is 2. The number of benzene rings is 2. The zero-order chi connectivity index (χ0) is 29.6. The van der Waals surface area contributed by atoms with Crippen molar-refractivity contribution in [1.82, 2.24) is 20.5 Å². The molecule has 0 spiro atoms. The second-order valence-electron chi connectivity index (χ2n) is 9.93. The second kappa shape index (κ2) is 10.5. The largest absolute Gasteiger partial charge is 0.497 e. The molecular weight excluding hydrogens is 567 g/mol. The zero-order valence-electron chi connectivity index (χ0n) is 22.0. The molecule has 41 heavy (non-hydrogen) atoms. The van der Waals surface area contributed by atoms with Crippen LogP contribution in [0, 0.1) is 5.82 Å². The number of anilines is 1. The van der Waals surface area contributed by atoms with E-state index >= 15 is 4.39 Å². The predicted octanol–water partition coefficient (Wildman–Crippen LogP) is 3.86.